The summed E-state index contributed by atoms with van der Waals surface area (Å²) >= 11 is 6.48. The van der Waals surface area contributed by atoms with Crippen molar-refractivity contribution in [1.82, 2.24) is 0 Å². The first-order chi connectivity index (χ1) is 8.94. The van der Waals surface area contributed by atoms with Crippen molar-refractivity contribution in [3.63, 3.8) is 0 Å². The number of aliphatic hydroxyl groups excluding tert-OH is 1. The maximum Gasteiger partial charge on any atom is 0.263 e. The predicted octanol–water partition coefficient (Wildman–Crippen LogP) is 3.41. The maximum atomic E-state index is 12.3. The number of hydrogen-bond donors (Lipinski definition) is 2. The molecule has 4 nitrogen and oxygen atoms in total. The second-order valence-corrected chi connectivity index (χ2v) is 8.86. The van der Waals surface area contributed by atoms with E-state index in [-0.39, 0.29) is 11.5 Å². The zero-order valence-electron chi connectivity index (χ0n) is 9.43. The highest BCUT2D eigenvalue weighted by atomic mass is 127. The highest BCUT2D eigenvalue weighted by Gasteiger charge is 2.21. The molecule has 2 rings (SSSR count). The number of sulfonamides is 1. The Morgan fingerprint density at radius 2 is 2.05 bits per heavy atom. The van der Waals surface area contributed by atoms with Crippen LogP contribution in [0.4, 0.5) is 5.69 Å². The number of anilines is 1. The van der Waals surface area contributed by atoms with E-state index in [2.05, 4.69) is 43.2 Å². The molecular formula is C11H9BrINO3S2. The van der Waals surface area contributed by atoms with E-state index < -0.39 is 10.0 Å². The first-order valence-electron chi connectivity index (χ1n) is 5.10. The van der Waals surface area contributed by atoms with Gasteiger partial charge in [0.05, 0.1) is 16.1 Å². The molecule has 1 heterocycles. The molecule has 0 saturated heterocycles. The van der Waals surface area contributed by atoms with Crippen LogP contribution in [0.25, 0.3) is 0 Å². The molecule has 0 aliphatic carbocycles. The Morgan fingerprint density at radius 1 is 1.37 bits per heavy atom. The third-order valence-corrected chi connectivity index (χ3v) is 6.81. The average Bonchev–Trinajstić information content (AvgIpc) is 2.74. The molecule has 0 spiro atoms. The van der Waals surface area contributed by atoms with E-state index in [9.17, 15) is 8.42 Å². The van der Waals surface area contributed by atoms with Crippen LogP contribution in [0.5, 0.6) is 0 Å². The van der Waals surface area contributed by atoms with Crippen molar-refractivity contribution < 1.29 is 13.5 Å². The number of hydrogen-bond acceptors (Lipinski definition) is 4. The van der Waals surface area contributed by atoms with Gasteiger partial charge in [0.2, 0.25) is 0 Å². The lowest BCUT2D eigenvalue weighted by molar-refractivity contribution is 0.285. The number of aliphatic hydroxyl groups is 1. The molecule has 1 aromatic heterocycles. The lowest BCUT2D eigenvalue weighted by atomic mass is 10.3. The van der Waals surface area contributed by atoms with E-state index in [0.717, 1.165) is 3.57 Å². The second kappa shape index (κ2) is 6.08. The van der Waals surface area contributed by atoms with Gasteiger partial charge < -0.3 is 5.11 Å². The molecule has 0 aliphatic rings. The van der Waals surface area contributed by atoms with Gasteiger partial charge in [0.15, 0.2) is 0 Å². The van der Waals surface area contributed by atoms with Crippen LogP contribution < -0.4 is 4.72 Å². The van der Waals surface area contributed by atoms with Crippen LogP contribution in [-0.2, 0) is 16.6 Å². The molecule has 19 heavy (non-hydrogen) atoms. The Hall–Kier alpha value is -0.160. The molecule has 0 unspecified atom stereocenters. The van der Waals surface area contributed by atoms with Gasteiger partial charge in [0, 0.05) is 8.45 Å². The van der Waals surface area contributed by atoms with Gasteiger partial charge in [-0.3, -0.25) is 4.72 Å². The molecule has 0 aliphatic heterocycles. The zero-order chi connectivity index (χ0) is 14.0. The normalized spacial score (nSPS) is 11.5. The molecule has 0 radical (unpaired) electrons. The fraction of sp³-hybridized carbons (Fsp3) is 0.0909. The molecule has 8 heteroatoms. The third-order valence-electron chi connectivity index (χ3n) is 2.27. The smallest absolute Gasteiger partial charge is 0.263 e. The Balaban J connectivity index is 2.38. The molecular weight excluding hydrogens is 465 g/mol. The summed E-state index contributed by atoms with van der Waals surface area (Å²) in [4.78, 5) is 0.733. The highest BCUT2D eigenvalue weighted by Crippen LogP contribution is 2.33. The van der Waals surface area contributed by atoms with Crippen molar-refractivity contribution in [2.45, 2.75) is 11.5 Å². The standard InChI is InChI=1S/C11H9BrINO3S2/c12-11-10(5-7(6-15)18-11)19(16,17)14-9-4-2-1-3-8(9)13/h1-5,14-15H,6H2. The molecule has 0 amide bonds. The van der Waals surface area contributed by atoms with Crippen LogP contribution in [0.2, 0.25) is 0 Å². The SMILES string of the molecule is O=S(=O)(Nc1ccccc1I)c1cc(CO)sc1Br. The monoisotopic (exact) mass is 473 g/mol. The van der Waals surface area contributed by atoms with E-state index >= 15 is 0 Å². The van der Waals surface area contributed by atoms with Crippen molar-refractivity contribution in [3.05, 3.63) is 42.6 Å². The van der Waals surface area contributed by atoms with Crippen LogP contribution in [-0.4, -0.2) is 13.5 Å². The summed E-state index contributed by atoms with van der Waals surface area (Å²) in [5.74, 6) is 0. The summed E-state index contributed by atoms with van der Waals surface area (Å²) in [6, 6.07) is 8.59. The van der Waals surface area contributed by atoms with Crippen molar-refractivity contribution in [1.29, 1.82) is 0 Å². The number of para-hydroxylation sites is 1. The van der Waals surface area contributed by atoms with Crippen LogP contribution in [0.3, 0.4) is 0 Å². The highest BCUT2D eigenvalue weighted by molar-refractivity contribution is 14.1. The summed E-state index contributed by atoms with van der Waals surface area (Å²) in [6.45, 7) is -0.179. The number of thiophene rings is 1. The van der Waals surface area contributed by atoms with Crippen molar-refractivity contribution in [2.24, 2.45) is 0 Å². The molecule has 1 aromatic carbocycles. The number of nitrogens with one attached hydrogen (secondary N) is 1. The van der Waals surface area contributed by atoms with Gasteiger partial charge in [-0.25, -0.2) is 8.42 Å². The maximum absolute atomic E-state index is 12.3. The van der Waals surface area contributed by atoms with Crippen LogP contribution in [0, 0.1) is 3.57 Å². The molecule has 0 saturated carbocycles. The topological polar surface area (TPSA) is 66.4 Å². The quantitative estimate of drug-likeness (QED) is 0.668. The summed E-state index contributed by atoms with van der Waals surface area (Å²) in [5.41, 5.74) is 0.534. The summed E-state index contributed by atoms with van der Waals surface area (Å²) < 4.78 is 28.4. The molecule has 0 bridgehead atoms. The first-order valence-corrected chi connectivity index (χ1v) is 9.27. The fourth-order valence-corrected chi connectivity index (χ4v) is 5.73. The Bertz CT molecular complexity index is 700. The lowest BCUT2D eigenvalue weighted by Gasteiger charge is -2.08. The Kier molecular flexibility index (Phi) is 4.88. The molecule has 0 atom stereocenters. The molecule has 2 aromatic rings. The predicted molar refractivity (Wildman–Crippen MR) is 87.9 cm³/mol. The largest absolute Gasteiger partial charge is 0.391 e. The minimum atomic E-state index is -3.66. The fourth-order valence-electron chi connectivity index (χ4n) is 1.40. The number of benzene rings is 1. The Labute approximate surface area is 137 Å². The minimum Gasteiger partial charge on any atom is -0.391 e. The summed E-state index contributed by atoms with van der Waals surface area (Å²) in [7, 11) is -3.66. The van der Waals surface area contributed by atoms with E-state index in [1.54, 1.807) is 12.1 Å². The molecule has 2 N–H and O–H groups in total. The van der Waals surface area contributed by atoms with Crippen LogP contribution in [0.1, 0.15) is 4.88 Å². The van der Waals surface area contributed by atoms with Gasteiger partial charge in [0.1, 0.15) is 4.90 Å². The minimum absolute atomic E-state index is 0.140. The van der Waals surface area contributed by atoms with Crippen molar-refractivity contribution in [3.8, 4) is 0 Å². The van der Waals surface area contributed by atoms with E-state index in [0.29, 0.717) is 14.4 Å². The number of halogens is 2. The molecule has 102 valence electrons. The Morgan fingerprint density at radius 3 is 2.63 bits per heavy atom. The van der Waals surface area contributed by atoms with Gasteiger partial charge in [-0.2, -0.15) is 0 Å². The summed E-state index contributed by atoms with van der Waals surface area (Å²) in [5, 5.41) is 9.05. The second-order valence-electron chi connectivity index (χ2n) is 3.59. The van der Waals surface area contributed by atoms with Gasteiger partial charge in [0.25, 0.3) is 10.0 Å². The van der Waals surface area contributed by atoms with Crippen molar-refractivity contribution >= 4 is 65.6 Å². The van der Waals surface area contributed by atoms with Gasteiger partial charge >= 0.3 is 0 Å². The van der Waals surface area contributed by atoms with E-state index in [4.69, 9.17) is 5.11 Å². The lowest BCUT2D eigenvalue weighted by Crippen LogP contribution is -2.13. The number of rotatable bonds is 4. The average molecular weight is 474 g/mol. The van der Waals surface area contributed by atoms with Gasteiger partial charge in [-0.15, -0.1) is 11.3 Å². The third kappa shape index (κ3) is 3.48. The summed E-state index contributed by atoms with van der Waals surface area (Å²) in [6.07, 6.45) is 0. The van der Waals surface area contributed by atoms with E-state index in [1.165, 1.54) is 17.4 Å². The van der Waals surface area contributed by atoms with Crippen LogP contribution in [0.15, 0.2) is 39.0 Å². The molecule has 0 fully saturated rings. The van der Waals surface area contributed by atoms with Gasteiger partial charge in [-0.05, 0) is 56.7 Å². The first kappa shape index (κ1) is 15.2. The van der Waals surface area contributed by atoms with Crippen molar-refractivity contribution in [2.75, 3.05) is 4.72 Å². The zero-order valence-corrected chi connectivity index (χ0v) is 14.8. The van der Waals surface area contributed by atoms with Crippen LogP contribution >= 0.6 is 49.9 Å². The van der Waals surface area contributed by atoms with E-state index in [1.807, 2.05) is 12.1 Å². The van der Waals surface area contributed by atoms with Gasteiger partial charge in [-0.1, -0.05) is 12.1 Å².